The molecule has 1 atom stereocenters. The maximum absolute atomic E-state index is 6.18. The van der Waals surface area contributed by atoms with E-state index >= 15 is 0 Å². The minimum absolute atomic E-state index is 0.0149. The third-order valence-corrected chi connectivity index (χ3v) is 4.92. The molecular formula is C17H25N3. The van der Waals surface area contributed by atoms with Gasteiger partial charge in [-0.05, 0) is 42.7 Å². The van der Waals surface area contributed by atoms with E-state index in [0.717, 1.165) is 37.8 Å². The summed E-state index contributed by atoms with van der Waals surface area (Å²) in [5.41, 5.74) is 8.91. The highest BCUT2D eigenvalue weighted by atomic mass is 15.4. The third-order valence-electron chi connectivity index (χ3n) is 4.92. The van der Waals surface area contributed by atoms with Gasteiger partial charge in [0.1, 0.15) is 0 Å². The van der Waals surface area contributed by atoms with Gasteiger partial charge in [-0.25, -0.2) is 0 Å². The predicted octanol–water partition coefficient (Wildman–Crippen LogP) is 2.89. The van der Waals surface area contributed by atoms with Crippen molar-refractivity contribution in [2.75, 3.05) is 13.1 Å². The van der Waals surface area contributed by atoms with Crippen LogP contribution in [0.5, 0.6) is 0 Å². The number of nitrogens with zero attached hydrogens (tertiary/aromatic N) is 2. The largest absolute Gasteiger partial charge is 0.370 e. The van der Waals surface area contributed by atoms with Gasteiger partial charge in [0.25, 0.3) is 0 Å². The van der Waals surface area contributed by atoms with Crippen molar-refractivity contribution >= 4 is 5.96 Å². The molecule has 0 spiro atoms. The van der Waals surface area contributed by atoms with Gasteiger partial charge >= 0.3 is 0 Å². The fraction of sp³-hybridized carbons (Fsp3) is 0.588. The Morgan fingerprint density at radius 3 is 2.50 bits per heavy atom. The lowest BCUT2D eigenvalue weighted by atomic mass is 9.85. The van der Waals surface area contributed by atoms with Crippen LogP contribution in [0.1, 0.15) is 44.2 Å². The molecule has 0 bridgehead atoms. The Morgan fingerprint density at radius 1 is 1.25 bits per heavy atom. The number of hydrogen-bond donors (Lipinski definition) is 1. The summed E-state index contributed by atoms with van der Waals surface area (Å²) in [7, 11) is 0. The van der Waals surface area contributed by atoms with Crippen LogP contribution in [0.4, 0.5) is 0 Å². The van der Waals surface area contributed by atoms with Gasteiger partial charge in [-0.3, -0.25) is 4.99 Å². The van der Waals surface area contributed by atoms with Crippen LogP contribution in [0.25, 0.3) is 0 Å². The summed E-state index contributed by atoms with van der Waals surface area (Å²) in [5.74, 6) is 1.56. The van der Waals surface area contributed by atoms with Crippen LogP contribution >= 0.6 is 0 Å². The molecular weight excluding hydrogens is 246 g/mol. The number of aliphatic imine (C=N–C) groups is 1. The Labute approximate surface area is 121 Å². The second kappa shape index (κ2) is 5.12. The standard InChI is InChI=1S/C17H25N3/c1-3-13-7-9-15(10-8-13)17(4-2)12-19-16(18)20(17)11-14-5-6-14/h7-10,14H,3-6,11-12H2,1-2H3,(H2,18,19). The number of aryl methyl sites for hydroxylation is 1. The van der Waals surface area contributed by atoms with E-state index < -0.39 is 0 Å². The highest BCUT2D eigenvalue weighted by molar-refractivity contribution is 5.81. The number of guanidine groups is 1. The van der Waals surface area contributed by atoms with E-state index in [-0.39, 0.29) is 5.54 Å². The zero-order valence-corrected chi connectivity index (χ0v) is 12.6. The van der Waals surface area contributed by atoms with Gasteiger partial charge < -0.3 is 10.6 Å². The Kier molecular flexibility index (Phi) is 3.45. The van der Waals surface area contributed by atoms with Gasteiger partial charge in [0, 0.05) is 6.54 Å². The van der Waals surface area contributed by atoms with Crippen molar-refractivity contribution < 1.29 is 0 Å². The molecule has 108 valence electrons. The lowest BCUT2D eigenvalue weighted by Gasteiger charge is -2.39. The van der Waals surface area contributed by atoms with Crippen LogP contribution in [0.15, 0.2) is 29.3 Å². The number of rotatable bonds is 5. The Balaban J connectivity index is 1.91. The molecule has 3 nitrogen and oxygen atoms in total. The summed E-state index contributed by atoms with van der Waals surface area (Å²) in [6, 6.07) is 9.04. The summed E-state index contributed by atoms with van der Waals surface area (Å²) >= 11 is 0. The number of hydrogen-bond acceptors (Lipinski definition) is 3. The molecule has 3 rings (SSSR count). The molecule has 1 unspecified atom stereocenters. The monoisotopic (exact) mass is 271 g/mol. The summed E-state index contributed by atoms with van der Waals surface area (Å²) < 4.78 is 0. The summed E-state index contributed by atoms with van der Waals surface area (Å²) in [5, 5.41) is 0. The van der Waals surface area contributed by atoms with Gasteiger partial charge in [0.2, 0.25) is 0 Å². The maximum Gasteiger partial charge on any atom is 0.192 e. The van der Waals surface area contributed by atoms with Crippen molar-refractivity contribution in [1.29, 1.82) is 0 Å². The minimum Gasteiger partial charge on any atom is -0.370 e. The summed E-state index contributed by atoms with van der Waals surface area (Å²) in [6.07, 6.45) is 4.83. The first-order valence-corrected chi connectivity index (χ1v) is 7.86. The molecule has 1 aromatic carbocycles. The van der Waals surface area contributed by atoms with E-state index in [4.69, 9.17) is 5.73 Å². The average Bonchev–Trinajstić information content (AvgIpc) is 3.25. The van der Waals surface area contributed by atoms with Crippen molar-refractivity contribution in [3.8, 4) is 0 Å². The zero-order valence-electron chi connectivity index (χ0n) is 12.6. The summed E-state index contributed by atoms with van der Waals surface area (Å²) in [4.78, 5) is 6.93. The molecule has 0 radical (unpaired) electrons. The first-order chi connectivity index (χ1) is 9.69. The average molecular weight is 271 g/mol. The predicted molar refractivity (Wildman–Crippen MR) is 83.7 cm³/mol. The molecule has 0 saturated heterocycles. The fourth-order valence-corrected chi connectivity index (χ4v) is 3.23. The van der Waals surface area contributed by atoms with E-state index in [2.05, 4.69) is 48.0 Å². The van der Waals surface area contributed by atoms with Crippen molar-refractivity contribution in [2.45, 2.75) is 45.1 Å². The smallest absolute Gasteiger partial charge is 0.192 e. The van der Waals surface area contributed by atoms with E-state index in [1.807, 2.05) is 0 Å². The molecule has 1 heterocycles. The van der Waals surface area contributed by atoms with E-state index in [9.17, 15) is 0 Å². The number of benzene rings is 1. The SMILES string of the molecule is CCc1ccc(C2(CC)CN=C(N)N2CC2CC2)cc1. The van der Waals surface area contributed by atoms with Crippen LogP contribution in [-0.2, 0) is 12.0 Å². The molecule has 3 heteroatoms. The van der Waals surface area contributed by atoms with Crippen LogP contribution < -0.4 is 5.73 Å². The number of nitrogens with two attached hydrogens (primary N) is 1. The lowest BCUT2D eigenvalue weighted by molar-refractivity contribution is 0.187. The van der Waals surface area contributed by atoms with Gasteiger partial charge in [0.05, 0.1) is 12.1 Å². The van der Waals surface area contributed by atoms with Crippen molar-refractivity contribution in [3.05, 3.63) is 35.4 Å². The van der Waals surface area contributed by atoms with Gasteiger partial charge in [-0.15, -0.1) is 0 Å². The zero-order chi connectivity index (χ0) is 14.2. The maximum atomic E-state index is 6.18. The normalized spacial score (nSPS) is 25.9. The third kappa shape index (κ3) is 2.19. The second-order valence-corrected chi connectivity index (χ2v) is 6.16. The molecule has 1 aliphatic carbocycles. The van der Waals surface area contributed by atoms with E-state index in [1.54, 1.807) is 0 Å². The fourth-order valence-electron chi connectivity index (χ4n) is 3.23. The Bertz CT molecular complexity index is 501. The van der Waals surface area contributed by atoms with Gasteiger partial charge in [0.15, 0.2) is 5.96 Å². The first-order valence-electron chi connectivity index (χ1n) is 7.86. The molecule has 2 N–H and O–H groups in total. The van der Waals surface area contributed by atoms with Crippen molar-refractivity contribution in [3.63, 3.8) is 0 Å². The van der Waals surface area contributed by atoms with Crippen LogP contribution in [-0.4, -0.2) is 23.9 Å². The molecule has 2 aliphatic rings. The molecule has 1 saturated carbocycles. The lowest BCUT2D eigenvalue weighted by Crippen LogP contribution is -2.49. The molecule has 1 aliphatic heterocycles. The van der Waals surface area contributed by atoms with E-state index in [1.165, 1.54) is 24.0 Å². The highest BCUT2D eigenvalue weighted by Gasteiger charge is 2.44. The van der Waals surface area contributed by atoms with Gasteiger partial charge in [-0.1, -0.05) is 38.1 Å². The summed E-state index contributed by atoms with van der Waals surface area (Å²) in [6.45, 7) is 6.31. The molecule has 0 aromatic heterocycles. The molecule has 0 amide bonds. The molecule has 20 heavy (non-hydrogen) atoms. The topological polar surface area (TPSA) is 41.6 Å². The van der Waals surface area contributed by atoms with Crippen molar-refractivity contribution in [2.24, 2.45) is 16.6 Å². The van der Waals surface area contributed by atoms with Crippen molar-refractivity contribution in [1.82, 2.24) is 4.90 Å². The highest BCUT2D eigenvalue weighted by Crippen LogP contribution is 2.40. The first kappa shape index (κ1) is 13.5. The quantitative estimate of drug-likeness (QED) is 0.894. The Hall–Kier alpha value is -1.51. The molecule has 1 aromatic rings. The Morgan fingerprint density at radius 2 is 1.95 bits per heavy atom. The van der Waals surface area contributed by atoms with E-state index in [0.29, 0.717) is 0 Å². The second-order valence-electron chi connectivity index (χ2n) is 6.16. The van der Waals surface area contributed by atoms with Crippen LogP contribution in [0.2, 0.25) is 0 Å². The van der Waals surface area contributed by atoms with Crippen LogP contribution in [0, 0.1) is 5.92 Å². The van der Waals surface area contributed by atoms with Gasteiger partial charge in [-0.2, -0.15) is 0 Å². The minimum atomic E-state index is -0.0149. The molecule has 1 fully saturated rings. The van der Waals surface area contributed by atoms with Crippen LogP contribution in [0.3, 0.4) is 0 Å².